The van der Waals surface area contributed by atoms with Gasteiger partial charge < -0.3 is 24.3 Å². The van der Waals surface area contributed by atoms with Gasteiger partial charge >= 0.3 is 6.18 Å². The molecule has 1 unspecified atom stereocenters. The van der Waals surface area contributed by atoms with Crippen LogP contribution < -0.4 is 20.1 Å². The minimum atomic E-state index is -4.42. The quantitative estimate of drug-likeness (QED) is 0.131. The van der Waals surface area contributed by atoms with E-state index in [-0.39, 0.29) is 23.1 Å². The number of carbonyl (C=O) groups excluding carboxylic acids is 1. The van der Waals surface area contributed by atoms with Crippen LogP contribution in [0.5, 0.6) is 17.2 Å². The number of alkyl halides is 3. The maximum Gasteiger partial charge on any atom is 0.389 e. The van der Waals surface area contributed by atoms with Gasteiger partial charge in [-0.05, 0) is 94.4 Å². The zero-order chi connectivity index (χ0) is 33.9. The number of pyridine rings is 1. The fourth-order valence-corrected chi connectivity index (χ4v) is 5.15. The lowest BCUT2D eigenvalue weighted by atomic mass is 9.96. The van der Waals surface area contributed by atoms with E-state index in [2.05, 4.69) is 15.6 Å². The molecule has 8 nitrogen and oxygen atoms in total. The summed E-state index contributed by atoms with van der Waals surface area (Å²) < 4.78 is 57.7. The van der Waals surface area contributed by atoms with Gasteiger partial charge in [-0.3, -0.25) is 10.1 Å². The Bertz CT molecular complexity index is 1880. The van der Waals surface area contributed by atoms with Gasteiger partial charge in [-0.1, -0.05) is 24.3 Å². The Kier molecular flexibility index (Phi) is 9.60. The summed E-state index contributed by atoms with van der Waals surface area (Å²) in [5.41, 5.74) is 1.91. The number of para-hydroxylation sites is 2. The topological polar surface area (TPSA) is 106 Å². The average Bonchev–Trinajstić information content (AvgIpc) is 3.41. The summed E-state index contributed by atoms with van der Waals surface area (Å²) in [5.74, 6) is 1.59. The van der Waals surface area contributed by atoms with Crippen molar-refractivity contribution < 1.29 is 37.0 Å². The van der Waals surface area contributed by atoms with Gasteiger partial charge in [0.25, 0.3) is 5.91 Å². The predicted molar refractivity (Wildman–Crippen MR) is 174 cm³/mol. The number of nitrogens with one attached hydrogen (secondary N) is 2. The molecule has 47 heavy (non-hydrogen) atoms. The first-order valence-corrected chi connectivity index (χ1v) is 15.0. The van der Waals surface area contributed by atoms with Crippen LogP contribution in [-0.4, -0.2) is 41.9 Å². The molecule has 0 radical (unpaired) electrons. The molecule has 0 bridgehead atoms. The average molecular weight is 648 g/mol. The van der Waals surface area contributed by atoms with E-state index in [1.165, 1.54) is 0 Å². The highest BCUT2D eigenvalue weighted by Crippen LogP contribution is 2.40. The number of aliphatic hydroxyl groups is 1. The smallest absolute Gasteiger partial charge is 0.389 e. The molecule has 11 heteroatoms. The molecule has 0 fully saturated rings. The van der Waals surface area contributed by atoms with E-state index in [9.17, 15) is 23.1 Å². The number of hydrogen-bond acceptors (Lipinski definition) is 7. The molecular formula is C36H36F3N3O5. The Labute approximate surface area is 270 Å². The Hall–Kier alpha value is -4.87. The number of ether oxygens (including phenoxy) is 2. The van der Waals surface area contributed by atoms with Crippen LogP contribution in [0.1, 0.15) is 55.0 Å². The van der Waals surface area contributed by atoms with Gasteiger partial charge in [-0.25, -0.2) is 4.98 Å². The first-order valence-electron chi connectivity index (χ1n) is 15.0. The summed E-state index contributed by atoms with van der Waals surface area (Å²) in [4.78, 5) is 17.5. The number of rotatable bonds is 10. The molecule has 2 aromatic heterocycles. The van der Waals surface area contributed by atoms with Crippen molar-refractivity contribution >= 4 is 17.0 Å². The first-order chi connectivity index (χ1) is 22.3. The van der Waals surface area contributed by atoms with E-state index in [1.807, 2.05) is 32.9 Å². The van der Waals surface area contributed by atoms with E-state index >= 15 is 0 Å². The Morgan fingerprint density at radius 1 is 0.957 bits per heavy atom. The number of hydrogen-bond donors (Lipinski definition) is 3. The second kappa shape index (κ2) is 13.5. The van der Waals surface area contributed by atoms with Gasteiger partial charge in [0, 0.05) is 34.0 Å². The number of carbonyl (C=O) groups is 1. The second-order valence-electron chi connectivity index (χ2n) is 12.0. The molecule has 1 amide bonds. The van der Waals surface area contributed by atoms with Crippen LogP contribution in [0.15, 0.2) is 83.3 Å². The van der Waals surface area contributed by atoms with E-state index in [1.54, 1.807) is 80.9 Å². The van der Waals surface area contributed by atoms with Crippen LogP contribution in [0.25, 0.3) is 33.6 Å². The van der Waals surface area contributed by atoms with E-state index in [0.717, 1.165) is 0 Å². The van der Waals surface area contributed by atoms with Crippen molar-refractivity contribution in [3.63, 3.8) is 0 Å². The fourth-order valence-electron chi connectivity index (χ4n) is 5.15. The van der Waals surface area contributed by atoms with E-state index in [4.69, 9.17) is 13.9 Å². The van der Waals surface area contributed by atoms with Gasteiger partial charge in [0.15, 0.2) is 11.5 Å². The molecule has 0 aliphatic carbocycles. The highest BCUT2D eigenvalue weighted by atomic mass is 19.4. The Morgan fingerprint density at radius 3 is 2.30 bits per heavy atom. The van der Waals surface area contributed by atoms with Crippen molar-refractivity contribution in [2.75, 3.05) is 14.2 Å². The number of amides is 1. The number of benzene rings is 3. The van der Waals surface area contributed by atoms with Crippen molar-refractivity contribution in [1.29, 1.82) is 0 Å². The molecule has 3 aromatic carbocycles. The normalized spacial score (nSPS) is 12.6. The van der Waals surface area contributed by atoms with E-state index in [0.29, 0.717) is 50.5 Å². The van der Waals surface area contributed by atoms with Crippen LogP contribution in [-0.2, 0) is 6.42 Å². The molecular weight excluding hydrogens is 611 g/mol. The van der Waals surface area contributed by atoms with E-state index < -0.39 is 30.8 Å². The summed E-state index contributed by atoms with van der Waals surface area (Å²) in [6.45, 7) is 5.57. The molecule has 0 aliphatic rings. The highest BCUT2D eigenvalue weighted by Gasteiger charge is 2.29. The monoisotopic (exact) mass is 647 g/mol. The van der Waals surface area contributed by atoms with Crippen LogP contribution in [0.4, 0.5) is 13.2 Å². The third-order valence-electron chi connectivity index (χ3n) is 7.33. The second-order valence-corrected chi connectivity index (χ2v) is 12.0. The third-order valence-corrected chi connectivity index (χ3v) is 7.33. The number of nitrogens with zero attached hydrogens (tertiary/aromatic N) is 1. The predicted octanol–water partition coefficient (Wildman–Crippen LogP) is 8.20. The summed E-state index contributed by atoms with van der Waals surface area (Å²) in [5, 5.41) is 17.2. The molecule has 246 valence electrons. The lowest BCUT2D eigenvalue weighted by Crippen LogP contribution is -2.40. The number of fused-ring (bicyclic) bond motifs is 1. The van der Waals surface area contributed by atoms with Crippen LogP contribution in [0.2, 0.25) is 0 Å². The number of aliphatic hydroxyl groups excluding tert-OH is 1. The SMILES string of the molecule is CNC(O)c1c(-c2ccc(Oc3ccccc3OC)cc2)oc2nc(CCC(F)(F)F)c(-c3cccc(C(=O)NC(C)(C)C)c3)cc12. The molecule has 5 aromatic rings. The number of methoxy groups -OCH3 is 1. The molecule has 3 N–H and O–H groups in total. The summed E-state index contributed by atoms with van der Waals surface area (Å²) in [7, 11) is 3.12. The van der Waals surface area contributed by atoms with Crippen LogP contribution in [0, 0.1) is 0 Å². The maximum atomic E-state index is 13.4. The number of halogens is 3. The zero-order valence-electron chi connectivity index (χ0n) is 26.7. The van der Waals surface area contributed by atoms with Gasteiger partial charge in [-0.15, -0.1) is 0 Å². The van der Waals surface area contributed by atoms with Crippen molar-refractivity contribution in [1.82, 2.24) is 15.6 Å². The number of aryl methyl sites for hydroxylation is 1. The molecule has 5 rings (SSSR count). The summed E-state index contributed by atoms with van der Waals surface area (Å²) in [6, 6.07) is 22.5. The lowest BCUT2D eigenvalue weighted by molar-refractivity contribution is -0.134. The largest absolute Gasteiger partial charge is 0.493 e. The molecule has 0 saturated heterocycles. The zero-order valence-corrected chi connectivity index (χ0v) is 26.7. The van der Waals surface area contributed by atoms with Gasteiger partial charge in [0.05, 0.1) is 18.4 Å². The van der Waals surface area contributed by atoms with Crippen molar-refractivity contribution in [3.8, 4) is 39.7 Å². The minimum Gasteiger partial charge on any atom is -0.493 e. The van der Waals surface area contributed by atoms with Gasteiger partial charge in [-0.2, -0.15) is 13.2 Å². The van der Waals surface area contributed by atoms with Crippen molar-refractivity contribution in [3.05, 3.63) is 95.7 Å². The lowest BCUT2D eigenvalue weighted by Gasteiger charge is -2.20. The summed E-state index contributed by atoms with van der Waals surface area (Å²) in [6.07, 6.45) is -7.13. The number of furan rings is 1. The van der Waals surface area contributed by atoms with Crippen molar-refractivity contribution in [2.24, 2.45) is 0 Å². The molecule has 2 heterocycles. The maximum absolute atomic E-state index is 13.4. The third kappa shape index (κ3) is 7.93. The highest BCUT2D eigenvalue weighted by molar-refractivity contribution is 5.96. The van der Waals surface area contributed by atoms with Gasteiger partial charge in [0.1, 0.15) is 17.7 Å². The molecule has 1 atom stereocenters. The molecule has 0 spiro atoms. The molecule has 0 saturated carbocycles. The van der Waals surface area contributed by atoms with Gasteiger partial charge in [0.2, 0.25) is 5.71 Å². The Morgan fingerprint density at radius 2 is 1.66 bits per heavy atom. The van der Waals surface area contributed by atoms with Crippen LogP contribution in [0.3, 0.4) is 0 Å². The summed E-state index contributed by atoms with van der Waals surface area (Å²) >= 11 is 0. The molecule has 0 aliphatic heterocycles. The van der Waals surface area contributed by atoms with Crippen molar-refractivity contribution in [2.45, 2.75) is 51.6 Å². The Balaban J connectivity index is 1.61. The first kappa shape index (κ1) is 33.5. The number of aromatic nitrogens is 1. The minimum absolute atomic E-state index is 0.0706. The fraction of sp³-hybridized carbons (Fsp3) is 0.278. The van der Waals surface area contributed by atoms with Crippen LogP contribution >= 0.6 is 0 Å². The standard InChI is InChI=1S/C36H36F3N3O5/c1-35(2,3)42-32(43)23-10-8-9-22(19-23)25-20-26-30(33(44)40-4)31(47-34(26)41-27(25)17-18-36(37,38)39)21-13-15-24(16-14-21)46-29-12-7-6-11-28(29)45-5/h6-16,19-20,33,40,44H,17-18H2,1-5H3,(H,42,43).